The van der Waals surface area contributed by atoms with Crippen LogP contribution in [0, 0.1) is 0 Å². The van der Waals surface area contributed by atoms with E-state index in [1.54, 1.807) is 22.2 Å². The summed E-state index contributed by atoms with van der Waals surface area (Å²) < 4.78 is 4.82. The summed E-state index contributed by atoms with van der Waals surface area (Å²) in [6.07, 6.45) is 1.76. The molecule has 17 heavy (non-hydrogen) atoms. The number of thiophene rings is 1. The van der Waals surface area contributed by atoms with Gasteiger partial charge in [0, 0.05) is 12.6 Å². The molecule has 0 radical (unpaired) electrons. The summed E-state index contributed by atoms with van der Waals surface area (Å²) in [5.74, 6) is 5.67. The Morgan fingerprint density at radius 3 is 2.59 bits per heavy atom. The first-order valence-electron chi connectivity index (χ1n) is 4.62. The molecule has 0 aliphatic rings. The Morgan fingerprint density at radius 1 is 1.47 bits per heavy atom. The number of halogens is 3. The van der Waals surface area contributed by atoms with Crippen molar-refractivity contribution in [2.75, 3.05) is 0 Å². The second-order valence-electron chi connectivity index (χ2n) is 3.38. The Labute approximate surface area is 128 Å². The molecule has 0 fully saturated rings. The lowest BCUT2D eigenvalue weighted by molar-refractivity contribution is 0.573. The monoisotopic (exact) mass is 442 g/mol. The highest BCUT2D eigenvalue weighted by atomic mass is 79.9. The smallest absolute Gasteiger partial charge is 0.0909 e. The van der Waals surface area contributed by atoms with Crippen molar-refractivity contribution in [3.8, 4) is 0 Å². The van der Waals surface area contributed by atoms with E-state index in [9.17, 15) is 0 Å². The van der Waals surface area contributed by atoms with Crippen LogP contribution in [0.3, 0.4) is 0 Å². The molecule has 2 aromatic heterocycles. The van der Waals surface area contributed by atoms with Crippen molar-refractivity contribution in [2.24, 2.45) is 12.9 Å². The van der Waals surface area contributed by atoms with E-state index in [-0.39, 0.29) is 6.04 Å². The third kappa shape index (κ3) is 2.66. The van der Waals surface area contributed by atoms with Gasteiger partial charge in [-0.15, -0.1) is 11.3 Å². The van der Waals surface area contributed by atoms with Crippen molar-refractivity contribution in [3.05, 3.63) is 35.6 Å². The minimum atomic E-state index is -0.117. The highest BCUT2D eigenvalue weighted by Crippen LogP contribution is 2.38. The average molecular weight is 445 g/mol. The molecule has 0 aliphatic heterocycles. The van der Waals surface area contributed by atoms with Gasteiger partial charge in [0.25, 0.3) is 0 Å². The van der Waals surface area contributed by atoms with Crippen molar-refractivity contribution in [1.29, 1.82) is 0 Å². The van der Waals surface area contributed by atoms with Gasteiger partial charge in [0.05, 0.1) is 30.0 Å². The van der Waals surface area contributed by atoms with Gasteiger partial charge in [-0.3, -0.25) is 10.5 Å². The second kappa shape index (κ2) is 5.50. The van der Waals surface area contributed by atoms with Crippen LogP contribution in [0.4, 0.5) is 0 Å². The van der Waals surface area contributed by atoms with Gasteiger partial charge in [-0.05, 0) is 53.9 Å². The fraction of sp³-hybridized carbons (Fsp3) is 0.222. The number of rotatable bonds is 3. The highest BCUT2D eigenvalue weighted by Gasteiger charge is 2.23. The van der Waals surface area contributed by atoms with E-state index in [1.165, 1.54) is 0 Å². The summed E-state index contributed by atoms with van der Waals surface area (Å²) >= 11 is 12.1. The van der Waals surface area contributed by atoms with Gasteiger partial charge in [-0.25, -0.2) is 5.43 Å². The molecule has 0 aromatic carbocycles. The van der Waals surface area contributed by atoms with Crippen LogP contribution in [0.5, 0.6) is 0 Å². The Balaban J connectivity index is 2.51. The molecule has 8 heteroatoms. The third-order valence-corrected chi connectivity index (χ3v) is 5.37. The molecule has 2 aromatic rings. The van der Waals surface area contributed by atoms with E-state index in [1.807, 2.05) is 13.1 Å². The van der Waals surface area contributed by atoms with E-state index in [4.69, 9.17) is 5.84 Å². The van der Waals surface area contributed by atoms with Crippen molar-refractivity contribution >= 4 is 59.1 Å². The average Bonchev–Trinajstić information content (AvgIpc) is 2.76. The maximum Gasteiger partial charge on any atom is 0.0909 e. The van der Waals surface area contributed by atoms with Crippen LogP contribution < -0.4 is 11.3 Å². The summed E-state index contributed by atoms with van der Waals surface area (Å²) in [6.45, 7) is 0. The summed E-state index contributed by atoms with van der Waals surface area (Å²) in [5, 5.41) is 4.20. The molecule has 4 nitrogen and oxygen atoms in total. The predicted octanol–water partition coefficient (Wildman–Crippen LogP) is 3.32. The normalized spacial score (nSPS) is 13.0. The zero-order chi connectivity index (χ0) is 12.6. The SMILES string of the molecule is Cn1ncc(Br)c1C(NN)c1cc(Br)sc1Br. The lowest BCUT2D eigenvalue weighted by Gasteiger charge is -2.16. The molecule has 1 atom stereocenters. The van der Waals surface area contributed by atoms with E-state index < -0.39 is 0 Å². The maximum atomic E-state index is 5.67. The van der Waals surface area contributed by atoms with Crippen LogP contribution in [-0.2, 0) is 7.05 Å². The highest BCUT2D eigenvalue weighted by molar-refractivity contribution is 9.12. The molecule has 0 amide bonds. The summed E-state index contributed by atoms with van der Waals surface area (Å²) in [5.41, 5.74) is 4.88. The molecular formula is C9H9Br3N4S. The van der Waals surface area contributed by atoms with Crippen molar-refractivity contribution < 1.29 is 0 Å². The van der Waals surface area contributed by atoms with Gasteiger partial charge in [0.15, 0.2) is 0 Å². The maximum absolute atomic E-state index is 5.67. The van der Waals surface area contributed by atoms with Crippen molar-refractivity contribution in [2.45, 2.75) is 6.04 Å². The van der Waals surface area contributed by atoms with Crippen LogP contribution in [0.1, 0.15) is 17.3 Å². The number of nitrogens with two attached hydrogens (primary N) is 1. The third-order valence-electron chi connectivity index (χ3n) is 2.37. The Kier molecular flexibility index (Phi) is 4.43. The lowest BCUT2D eigenvalue weighted by Crippen LogP contribution is -2.30. The first kappa shape index (κ1) is 13.7. The van der Waals surface area contributed by atoms with Crippen LogP contribution in [0.2, 0.25) is 0 Å². The van der Waals surface area contributed by atoms with E-state index in [0.717, 1.165) is 23.3 Å². The van der Waals surface area contributed by atoms with Crippen LogP contribution in [0.15, 0.2) is 24.3 Å². The molecule has 2 heterocycles. The standard InChI is InChI=1S/C9H9Br3N4S/c1-16-8(5(10)3-14-16)7(15-13)4-2-6(11)17-9(4)12/h2-3,7,15H,13H2,1H3. The molecule has 92 valence electrons. The molecule has 0 aliphatic carbocycles. The minimum Gasteiger partial charge on any atom is -0.271 e. The number of hydrazine groups is 1. The number of hydrogen-bond acceptors (Lipinski definition) is 4. The first-order valence-corrected chi connectivity index (χ1v) is 7.82. The summed E-state index contributed by atoms with van der Waals surface area (Å²) in [4.78, 5) is 0. The van der Waals surface area contributed by atoms with Gasteiger partial charge >= 0.3 is 0 Å². The number of aromatic nitrogens is 2. The van der Waals surface area contributed by atoms with Gasteiger partial charge in [-0.1, -0.05) is 0 Å². The van der Waals surface area contributed by atoms with Crippen molar-refractivity contribution in [1.82, 2.24) is 15.2 Å². The molecule has 2 rings (SSSR count). The van der Waals surface area contributed by atoms with E-state index in [2.05, 4.69) is 58.3 Å². The fourth-order valence-electron chi connectivity index (χ4n) is 1.61. The molecule has 1 unspecified atom stereocenters. The number of hydrogen-bond donors (Lipinski definition) is 2. The summed E-state index contributed by atoms with van der Waals surface area (Å²) in [6, 6.07) is 1.92. The topological polar surface area (TPSA) is 55.9 Å². The zero-order valence-corrected chi connectivity index (χ0v) is 14.3. The predicted molar refractivity (Wildman–Crippen MR) is 79.8 cm³/mol. The quantitative estimate of drug-likeness (QED) is 0.564. The molecule has 3 N–H and O–H groups in total. The molecule has 0 spiro atoms. The molecule has 0 saturated heterocycles. The van der Waals surface area contributed by atoms with E-state index in [0.29, 0.717) is 0 Å². The summed E-state index contributed by atoms with van der Waals surface area (Å²) in [7, 11) is 1.89. The number of nitrogens with one attached hydrogen (secondary N) is 1. The molecule has 0 bridgehead atoms. The van der Waals surface area contributed by atoms with Crippen LogP contribution >= 0.6 is 59.1 Å². The zero-order valence-electron chi connectivity index (χ0n) is 8.75. The van der Waals surface area contributed by atoms with Gasteiger partial charge in [0.2, 0.25) is 0 Å². The largest absolute Gasteiger partial charge is 0.271 e. The van der Waals surface area contributed by atoms with Gasteiger partial charge < -0.3 is 0 Å². The Morgan fingerprint density at radius 2 is 2.18 bits per heavy atom. The Hall–Kier alpha value is 0.270. The molecule has 0 saturated carbocycles. The van der Waals surface area contributed by atoms with Crippen molar-refractivity contribution in [3.63, 3.8) is 0 Å². The van der Waals surface area contributed by atoms with E-state index >= 15 is 0 Å². The van der Waals surface area contributed by atoms with Crippen LogP contribution in [-0.4, -0.2) is 9.78 Å². The van der Waals surface area contributed by atoms with Gasteiger partial charge in [0.1, 0.15) is 0 Å². The first-order chi connectivity index (χ1) is 8.04. The van der Waals surface area contributed by atoms with Gasteiger partial charge in [-0.2, -0.15) is 5.10 Å². The van der Waals surface area contributed by atoms with Crippen LogP contribution in [0.25, 0.3) is 0 Å². The number of nitrogens with zero attached hydrogens (tertiary/aromatic N) is 2. The minimum absolute atomic E-state index is 0.117. The second-order valence-corrected chi connectivity index (χ2v) is 7.98. The Bertz CT molecular complexity index is 517. The molecular weight excluding hydrogens is 436 g/mol. The number of aryl methyl sites for hydroxylation is 1. The lowest BCUT2D eigenvalue weighted by atomic mass is 10.1. The fourth-order valence-corrected chi connectivity index (χ4v) is 5.09.